The summed E-state index contributed by atoms with van der Waals surface area (Å²) >= 11 is 6.19. The number of halogens is 1. The van der Waals surface area contributed by atoms with Crippen molar-refractivity contribution in [1.29, 1.82) is 0 Å². The third-order valence-electron chi connectivity index (χ3n) is 5.75. The molecule has 198 valence electrons. The Morgan fingerprint density at radius 1 is 0.947 bits per heavy atom. The lowest BCUT2D eigenvalue weighted by molar-refractivity contribution is -0.117. The summed E-state index contributed by atoms with van der Waals surface area (Å²) < 4.78 is 10.7. The van der Waals surface area contributed by atoms with Crippen molar-refractivity contribution in [2.75, 3.05) is 32.2 Å². The van der Waals surface area contributed by atoms with E-state index in [0.29, 0.717) is 17.1 Å². The third kappa shape index (κ3) is 7.14. The van der Waals surface area contributed by atoms with E-state index in [1.807, 2.05) is 24.3 Å². The van der Waals surface area contributed by atoms with Crippen LogP contribution in [0.15, 0.2) is 77.5 Å². The van der Waals surface area contributed by atoms with Crippen molar-refractivity contribution < 1.29 is 19.1 Å². The van der Waals surface area contributed by atoms with E-state index in [1.54, 1.807) is 48.5 Å². The van der Waals surface area contributed by atoms with Gasteiger partial charge in [0.05, 0.1) is 31.0 Å². The first-order chi connectivity index (χ1) is 18.4. The number of ether oxygens (including phenoxy) is 2. The van der Waals surface area contributed by atoms with Gasteiger partial charge >= 0.3 is 0 Å². The lowest BCUT2D eigenvalue weighted by Crippen LogP contribution is -2.33. The zero-order chi connectivity index (χ0) is 27.5. The molecule has 0 fully saturated rings. The van der Waals surface area contributed by atoms with Crippen LogP contribution in [0.4, 0.5) is 5.69 Å². The van der Waals surface area contributed by atoms with Crippen LogP contribution in [0, 0.1) is 0 Å². The molecule has 0 aliphatic rings. The predicted octanol–water partition coefficient (Wildman–Crippen LogP) is 5.12. The Hall–Kier alpha value is -4.30. The average Bonchev–Trinajstić information content (AvgIpc) is 2.94. The molecule has 9 heteroatoms. The minimum absolute atomic E-state index is 0.000246. The van der Waals surface area contributed by atoms with Gasteiger partial charge in [0.25, 0.3) is 11.8 Å². The van der Waals surface area contributed by atoms with Gasteiger partial charge in [-0.3, -0.25) is 9.59 Å². The molecule has 0 radical (unpaired) electrons. The highest BCUT2D eigenvalue weighted by Gasteiger charge is 2.17. The summed E-state index contributed by atoms with van der Waals surface area (Å²) in [6.07, 6.45) is 3.02. The second-order valence-electron chi connectivity index (χ2n) is 8.04. The van der Waals surface area contributed by atoms with Crippen LogP contribution in [-0.4, -0.2) is 45.3 Å². The van der Waals surface area contributed by atoms with E-state index < -0.39 is 11.8 Å². The number of benzene rings is 3. The summed E-state index contributed by atoms with van der Waals surface area (Å²) in [5, 5.41) is 7.00. The van der Waals surface area contributed by atoms with Crippen molar-refractivity contribution in [3.8, 4) is 11.5 Å². The minimum atomic E-state index is -0.615. The molecule has 0 aliphatic heterocycles. The number of para-hydroxylation sites is 1. The summed E-state index contributed by atoms with van der Waals surface area (Å²) in [6, 6.07) is 19.6. The smallest absolute Gasteiger partial charge is 0.287 e. The summed E-state index contributed by atoms with van der Waals surface area (Å²) in [6.45, 7) is 5.93. The molecule has 8 nitrogen and oxygen atoms in total. The van der Waals surface area contributed by atoms with Gasteiger partial charge in [0.1, 0.15) is 5.70 Å². The Morgan fingerprint density at radius 3 is 2.29 bits per heavy atom. The zero-order valence-corrected chi connectivity index (χ0v) is 22.6. The molecule has 2 amide bonds. The van der Waals surface area contributed by atoms with Gasteiger partial charge in [0, 0.05) is 24.3 Å². The first-order valence-corrected chi connectivity index (χ1v) is 12.5. The van der Waals surface area contributed by atoms with Crippen molar-refractivity contribution in [2.24, 2.45) is 5.10 Å². The van der Waals surface area contributed by atoms with Crippen molar-refractivity contribution in [3.05, 3.63) is 94.1 Å². The molecule has 38 heavy (non-hydrogen) atoms. The van der Waals surface area contributed by atoms with Gasteiger partial charge in [0.15, 0.2) is 11.5 Å². The van der Waals surface area contributed by atoms with Crippen molar-refractivity contribution in [2.45, 2.75) is 13.8 Å². The number of rotatable bonds is 11. The topological polar surface area (TPSA) is 92.3 Å². The van der Waals surface area contributed by atoms with Gasteiger partial charge in [-0.2, -0.15) is 5.10 Å². The summed E-state index contributed by atoms with van der Waals surface area (Å²) in [5.74, 6) is -0.126. The van der Waals surface area contributed by atoms with Crippen LogP contribution < -0.4 is 25.1 Å². The molecular formula is C29H31ClN4O4. The molecule has 3 rings (SSSR count). The Bertz CT molecular complexity index is 1320. The molecule has 0 saturated heterocycles. The van der Waals surface area contributed by atoms with Gasteiger partial charge in [-0.15, -0.1) is 0 Å². The molecule has 0 unspecified atom stereocenters. The van der Waals surface area contributed by atoms with E-state index in [-0.39, 0.29) is 16.3 Å². The van der Waals surface area contributed by atoms with Crippen LogP contribution in [0.25, 0.3) is 6.08 Å². The van der Waals surface area contributed by atoms with Gasteiger partial charge < -0.3 is 19.7 Å². The SMILES string of the molecule is CCN(CC)c1ccc(/C=C(/NC(=O)c2ccccc2Cl)C(=O)N/N=C\c2cccc(OC)c2OC)cc1. The fourth-order valence-corrected chi connectivity index (χ4v) is 3.99. The number of methoxy groups -OCH3 is 2. The second kappa shape index (κ2) is 13.9. The maximum atomic E-state index is 13.1. The molecule has 2 N–H and O–H groups in total. The normalized spacial score (nSPS) is 11.2. The summed E-state index contributed by atoms with van der Waals surface area (Å²) in [7, 11) is 3.05. The van der Waals surface area contributed by atoms with Gasteiger partial charge in [-0.1, -0.05) is 41.9 Å². The van der Waals surface area contributed by atoms with Crippen LogP contribution in [0.2, 0.25) is 5.02 Å². The zero-order valence-electron chi connectivity index (χ0n) is 21.8. The molecular weight excluding hydrogens is 504 g/mol. The Morgan fingerprint density at radius 2 is 1.66 bits per heavy atom. The lowest BCUT2D eigenvalue weighted by Gasteiger charge is -2.21. The Balaban J connectivity index is 1.88. The van der Waals surface area contributed by atoms with E-state index in [9.17, 15) is 9.59 Å². The minimum Gasteiger partial charge on any atom is -0.493 e. The molecule has 0 aromatic heterocycles. The molecule has 0 atom stereocenters. The molecule has 0 aliphatic carbocycles. The van der Waals surface area contributed by atoms with E-state index in [1.165, 1.54) is 20.4 Å². The number of hydrogen-bond donors (Lipinski definition) is 2. The van der Waals surface area contributed by atoms with Crippen molar-refractivity contribution in [3.63, 3.8) is 0 Å². The number of nitrogens with one attached hydrogen (secondary N) is 2. The predicted molar refractivity (Wildman–Crippen MR) is 152 cm³/mol. The number of hydrazone groups is 1. The number of amides is 2. The largest absolute Gasteiger partial charge is 0.493 e. The highest BCUT2D eigenvalue weighted by atomic mass is 35.5. The number of nitrogens with zero attached hydrogens (tertiary/aromatic N) is 2. The molecule has 3 aromatic carbocycles. The van der Waals surface area contributed by atoms with E-state index in [2.05, 4.69) is 34.6 Å². The van der Waals surface area contributed by atoms with E-state index in [0.717, 1.165) is 24.3 Å². The highest BCUT2D eigenvalue weighted by Crippen LogP contribution is 2.29. The maximum Gasteiger partial charge on any atom is 0.287 e. The van der Waals surface area contributed by atoms with E-state index in [4.69, 9.17) is 21.1 Å². The first kappa shape index (κ1) is 28.3. The van der Waals surface area contributed by atoms with Crippen molar-refractivity contribution >= 4 is 41.4 Å². The van der Waals surface area contributed by atoms with Crippen LogP contribution in [-0.2, 0) is 4.79 Å². The van der Waals surface area contributed by atoms with Gasteiger partial charge in [0.2, 0.25) is 0 Å². The molecule has 0 bridgehead atoms. The molecule has 0 saturated carbocycles. The molecule has 0 spiro atoms. The van der Waals surface area contributed by atoms with E-state index >= 15 is 0 Å². The highest BCUT2D eigenvalue weighted by molar-refractivity contribution is 6.34. The fraction of sp³-hybridized carbons (Fsp3) is 0.207. The van der Waals surface area contributed by atoms with Crippen molar-refractivity contribution in [1.82, 2.24) is 10.7 Å². The standard InChI is InChI=1S/C29H31ClN4O4/c1-5-34(6-2)22-16-14-20(15-17-22)18-25(32-28(35)23-11-7-8-12-24(23)30)29(36)33-31-19-21-10-9-13-26(37-3)27(21)38-4/h7-19H,5-6H2,1-4H3,(H,32,35)(H,33,36)/b25-18+,31-19-. The van der Waals surface area contributed by atoms with Gasteiger partial charge in [-0.25, -0.2) is 5.43 Å². The van der Waals surface area contributed by atoms with Crippen LogP contribution in [0.1, 0.15) is 35.3 Å². The first-order valence-electron chi connectivity index (χ1n) is 12.1. The third-order valence-corrected chi connectivity index (χ3v) is 6.08. The summed E-state index contributed by atoms with van der Waals surface area (Å²) in [4.78, 5) is 28.3. The van der Waals surface area contributed by atoms with Gasteiger partial charge in [-0.05, 0) is 61.9 Å². The van der Waals surface area contributed by atoms with Crippen LogP contribution in [0.5, 0.6) is 11.5 Å². The second-order valence-corrected chi connectivity index (χ2v) is 8.44. The Kier molecular flexibility index (Phi) is 10.3. The lowest BCUT2D eigenvalue weighted by atomic mass is 10.1. The quantitative estimate of drug-likeness (QED) is 0.202. The van der Waals surface area contributed by atoms with Crippen LogP contribution >= 0.6 is 11.6 Å². The molecule has 3 aromatic rings. The monoisotopic (exact) mass is 534 g/mol. The number of carbonyl (C=O) groups is 2. The number of carbonyl (C=O) groups excluding carboxylic acids is 2. The number of hydrogen-bond acceptors (Lipinski definition) is 6. The fourth-order valence-electron chi connectivity index (χ4n) is 3.76. The summed E-state index contributed by atoms with van der Waals surface area (Å²) in [5.41, 5.74) is 5.11. The average molecular weight is 535 g/mol. The molecule has 0 heterocycles. The number of anilines is 1. The maximum absolute atomic E-state index is 13.1. The Labute approximate surface area is 227 Å². The van der Waals surface area contributed by atoms with Crippen LogP contribution in [0.3, 0.4) is 0 Å².